The Morgan fingerprint density at radius 1 is 0.968 bits per heavy atom. The third-order valence-corrected chi connectivity index (χ3v) is 5.71. The maximum absolute atomic E-state index is 12.4. The first-order chi connectivity index (χ1) is 14.8. The lowest BCUT2D eigenvalue weighted by Gasteiger charge is -2.26. The quantitative estimate of drug-likeness (QED) is 0.705. The first kappa shape index (κ1) is 23.5. The predicted molar refractivity (Wildman–Crippen MR) is 126 cm³/mol. The molecule has 3 rings (SSSR count). The molecule has 2 aromatic carbocycles. The molecule has 31 heavy (non-hydrogen) atoms. The average Bonchev–Trinajstić information content (AvgIpc) is 2.74. The van der Waals surface area contributed by atoms with Gasteiger partial charge in [-0.3, -0.25) is 14.6 Å². The van der Waals surface area contributed by atoms with E-state index in [0.717, 1.165) is 45.0 Å². The molecule has 1 aliphatic heterocycles. The Hall–Kier alpha value is -2.21. The maximum atomic E-state index is 12.4. The van der Waals surface area contributed by atoms with Gasteiger partial charge in [-0.15, -0.1) is 0 Å². The second-order valence-corrected chi connectivity index (χ2v) is 9.60. The van der Waals surface area contributed by atoms with Crippen molar-refractivity contribution >= 4 is 5.91 Å². The molecule has 0 saturated carbocycles. The van der Waals surface area contributed by atoms with E-state index in [4.69, 9.17) is 4.74 Å². The van der Waals surface area contributed by atoms with E-state index < -0.39 is 0 Å². The van der Waals surface area contributed by atoms with E-state index in [9.17, 15) is 4.79 Å². The van der Waals surface area contributed by atoms with Crippen molar-refractivity contribution in [3.63, 3.8) is 0 Å². The first-order valence-electron chi connectivity index (χ1n) is 11.2. The summed E-state index contributed by atoms with van der Waals surface area (Å²) in [5.41, 5.74) is 5.13. The Labute approximate surface area is 187 Å². The number of ether oxygens (including phenoxy) is 1. The first-order valence-corrected chi connectivity index (χ1v) is 11.2. The highest BCUT2D eigenvalue weighted by atomic mass is 16.5. The summed E-state index contributed by atoms with van der Waals surface area (Å²) in [7, 11) is 1.98. The van der Waals surface area contributed by atoms with Crippen LogP contribution in [0.15, 0.2) is 48.5 Å². The summed E-state index contributed by atoms with van der Waals surface area (Å²) in [6, 6.07) is 17.2. The molecule has 5 nitrogen and oxygen atoms in total. The lowest BCUT2D eigenvalue weighted by molar-refractivity contribution is -0.122. The summed E-state index contributed by atoms with van der Waals surface area (Å²) >= 11 is 0. The van der Waals surface area contributed by atoms with Crippen molar-refractivity contribution in [3.05, 3.63) is 70.8 Å². The average molecular weight is 424 g/mol. The molecule has 5 heteroatoms. The zero-order valence-electron chi connectivity index (χ0n) is 19.5. The van der Waals surface area contributed by atoms with Crippen LogP contribution in [-0.2, 0) is 34.6 Å². The Morgan fingerprint density at radius 2 is 1.55 bits per heavy atom. The number of hydrogen-bond acceptors (Lipinski definition) is 4. The maximum Gasteiger partial charge on any atom is 0.234 e. The van der Waals surface area contributed by atoms with Gasteiger partial charge in [0.1, 0.15) is 0 Å². The van der Waals surface area contributed by atoms with Crippen LogP contribution >= 0.6 is 0 Å². The minimum absolute atomic E-state index is 0.0474. The second-order valence-electron chi connectivity index (χ2n) is 9.60. The number of carbonyl (C=O) groups is 1. The van der Waals surface area contributed by atoms with Gasteiger partial charge in [0.05, 0.1) is 19.8 Å². The van der Waals surface area contributed by atoms with E-state index in [2.05, 4.69) is 79.5 Å². The molecule has 1 heterocycles. The standard InChI is InChI=1S/C26H37N3O2/c1-26(2,3)24-11-9-22(10-12-24)18-28(4)20-25(30)27-17-21-5-7-23(8-6-21)19-29-13-15-31-16-14-29/h5-12H,13-20H2,1-4H3,(H,27,30). The van der Waals surface area contributed by atoms with E-state index in [1.165, 1.54) is 16.7 Å². The second kappa shape index (κ2) is 10.9. The van der Waals surface area contributed by atoms with Gasteiger partial charge >= 0.3 is 0 Å². The summed E-state index contributed by atoms with van der Waals surface area (Å²) in [4.78, 5) is 16.8. The summed E-state index contributed by atoms with van der Waals surface area (Å²) in [5, 5.41) is 3.04. The van der Waals surface area contributed by atoms with Crippen molar-refractivity contribution in [2.45, 2.75) is 45.8 Å². The van der Waals surface area contributed by atoms with Crippen LogP contribution in [-0.4, -0.2) is 55.6 Å². The van der Waals surface area contributed by atoms with Crippen molar-refractivity contribution in [3.8, 4) is 0 Å². The molecule has 1 amide bonds. The summed E-state index contributed by atoms with van der Waals surface area (Å²) in [6.07, 6.45) is 0. The number of amides is 1. The van der Waals surface area contributed by atoms with Crippen molar-refractivity contribution in [2.24, 2.45) is 0 Å². The van der Waals surface area contributed by atoms with E-state index >= 15 is 0 Å². The molecule has 0 bridgehead atoms. The summed E-state index contributed by atoms with van der Waals surface area (Å²) in [5.74, 6) is 0.0474. The number of likely N-dealkylation sites (N-methyl/N-ethyl adjacent to an activating group) is 1. The van der Waals surface area contributed by atoms with Crippen LogP contribution in [0.25, 0.3) is 0 Å². The van der Waals surface area contributed by atoms with E-state index in [1.807, 2.05) is 11.9 Å². The monoisotopic (exact) mass is 423 g/mol. The largest absolute Gasteiger partial charge is 0.379 e. The normalized spacial score (nSPS) is 15.3. The zero-order valence-corrected chi connectivity index (χ0v) is 19.5. The Morgan fingerprint density at radius 3 is 2.16 bits per heavy atom. The van der Waals surface area contributed by atoms with Crippen molar-refractivity contribution in [2.75, 3.05) is 39.9 Å². The molecule has 1 saturated heterocycles. The van der Waals surface area contributed by atoms with Crippen molar-refractivity contribution in [1.82, 2.24) is 15.1 Å². The number of benzene rings is 2. The van der Waals surface area contributed by atoms with Gasteiger partial charge in [-0.2, -0.15) is 0 Å². The van der Waals surface area contributed by atoms with E-state index in [0.29, 0.717) is 13.1 Å². The third-order valence-electron chi connectivity index (χ3n) is 5.71. The number of nitrogens with zero attached hydrogens (tertiary/aromatic N) is 2. The fourth-order valence-electron chi connectivity index (χ4n) is 3.76. The van der Waals surface area contributed by atoms with Gasteiger partial charge in [0.2, 0.25) is 5.91 Å². The van der Waals surface area contributed by atoms with Gasteiger partial charge < -0.3 is 10.1 Å². The van der Waals surface area contributed by atoms with Crippen LogP contribution in [0.1, 0.15) is 43.0 Å². The predicted octanol–water partition coefficient (Wildman–Crippen LogP) is 3.56. The van der Waals surface area contributed by atoms with Crippen LogP contribution < -0.4 is 5.32 Å². The van der Waals surface area contributed by atoms with Crippen molar-refractivity contribution < 1.29 is 9.53 Å². The Balaban J connectivity index is 1.40. The summed E-state index contributed by atoms with van der Waals surface area (Å²) in [6.45, 7) is 12.9. The van der Waals surface area contributed by atoms with Gasteiger partial charge in [0, 0.05) is 32.7 Å². The van der Waals surface area contributed by atoms with Crippen LogP contribution in [0.2, 0.25) is 0 Å². The molecule has 1 aliphatic rings. The van der Waals surface area contributed by atoms with Gasteiger partial charge in [-0.05, 0) is 34.7 Å². The fourth-order valence-corrected chi connectivity index (χ4v) is 3.76. The van der Waals surface area contributed by atoms with E-state index in [-0.39, 0.29) is 11.3 Å². The van der Waals surface area contributed by atoms with Crippen LogP contribution in [0.5, 0.6) is 0 Å². The highest BCUT2D eigenvalue weighted by Gasteiger charge is 2.14. The molecule has 0 atom stereocenters. The van der Waals surface area contributed by atoms with Gasteiger partial charge in [0.15, 0.2) is 0 Å². The Kier molecular flexibility index (Phi) is 8.24. The molecule has 0 aliphatic carbocycles. The topological polar surface area (TPSA) is 44.8 Å². The highest BCUT2D eigenvalue weighted by Crippen LogP contribution is 2.22. The molecule has 0 unspecified atom stereocenters. The number of rotatable bonds is 8. The number of nitrogens with one attached hydrogen (secondary N) is 1. The van der Waals surface area contributed by atoms with Gasteiger partial charge in [0.25, 0.3) is 0 Å². The highest BCUT2D eigenvalue weighted by molar-refractivity contribution is 5.77. The molecule has 1 fully saturated rings. The third kappa shape index (κ3) is 7.76. The lowest BCUT2D eigenvalue weighted by Crippen LogP contribution is -2.35. The summed E-state index contributed by atoms with van der Waals surface area (Å²) < 4.78 is 5.40. The number of carbonyl (C=O) groups excluding carboxylic acids is 1. The molecule has 0 spiro atoms. The molecule has 1 N–H and O–H groups in total. The number of morpholine rings is 1. The van der Waals surface area contributed by atoms with Crippen LogP contribution in [0.4, 0.5) is 0 Å². The number of hydrogen-bond donors (Lipinski definition) is 1. The molecule has 0 aromatic heterocycles. The molecular weight excluding hydrogens is 386 g/mol. The smallest absolute Gasteiger partial charge is 0.234 e. The minimum atomic E-state index is 0.0474. The molecule has 2 aromatic rings. The minimum Gasteiger partial charge on any atom is -0.379 e. The van der Waals surface area contributed by atoms with Crippen molar-refractivity contribution in [1.29, 1.82) is 0 Å². The molecular formula is C26H37N3O2. The van der Waals surface area contributed by atoms with E-state index in [1.54, 1.807) is 0 Å². The molecule has 0 radical (unpaired) electrons. The van der Waals surface area contributed by atoms with Gasteiger partial charge in [-0.1, -0.05) is 69.3 Å². The van der Waals surface area contributed by atoms with Crippen LogP contribution in [0.3, 0.4) is 0 Å². The molecule has 168 valence electrons. The van der Waals surface area contributed by atoms with Crippen LogP contribution in [0, 0.1) is 0 Å². The lowest BCUT2D eigenvalue weighted by atomic mass is 9.87. The zero-order chi connectivity index (χ0) is 22.3. The van der Waals surface area contributed by atoms with Gasteiger partial charge in [-0.25, -0.2) is 0 Å². The Bertz CT molecular complexity index is 819. The fraction of sp³-hybridized carbons (Fsp3) is 0.500. The SMILES string of the molecule is CN(CC(=O)NCc1ccc(CN2CCOCC2)cc1)Cc1ccc(C(C)(C)C)cc1.